The van der Waals surface area contributed by atoms with Gasteiger partial charge < -0.3 is 35.2 Å². The molecule has 6 rings (SSSR count). The summed E-state index contributed by atoms with van der Waals surface area (Å²) < 4.78 is 66.4. The van der Waals surface area contributed by atoms with Crippen LogP contribution in [0.4, 0.5) is 27.2 Å². The Morgan fingerprint density at radius 3 is 1.34 bits per heavy atom. The zero-order chi connectivity index (χ0) is 52.4. The lowest BCUT2D eigenvalue weighted by Crippen LogP contribution is -2.64. The molecule has 0 saturated carbocycles. The third kappa shape index (κ3) is 16.3. The van der Waals surface area contributed by atoms with E-state index >= 15 is 0 Å². The normalized spacial score (nSPS) is 18.0. The van der Waals surface area contributed by atoms with E-state index in [1.807, 2.05) is 60.7 Å². The number of carbonyl (C=O) groups excluding carboxylic acids is 4. The van der Waals surface area contributed by atoms with Gasteiger partial charge in [0.25, 0.3) is 0 Å². The quantitative estimate of drug-likeness (QED) is 0.107. The third-order valence-corrected chi connectivity index (χ3v) is 11.8. The van der Waals surface area contributed by atoms with Gasteiger partial charge in [-0.1, -0.05) is 60.7 Å². The Morgan fingerprint density at radius 1 is 0.606 bits per heavy atom. The van der Waals surface area contributed by atoms with E-state index in [0.717, 1.165) is 35.4 Å². The minimum Gasteiger partial charge on any atom is -0.444 e. The van der Waals surface area contributed by atoms with E-state index in [2.05, 4.69) is 0 Å². The van der Waals surface area contributed by atoms with Gasteiger partial charge in [-0.15, -0.1) is 0 Å². The largest absolute Gasteiger partial charge is 0.444 e. The first kappa shape index (κ1) is 55.6. The maximum atomic E-state index is 14.2. The van der Waals surface area contributed by atoms with Crippen molar-refractivity contribution in [3.63, 3.8) is 0 Å². The van der Waals surface area contributed by atoms with Crippen LogP contribution in [0.2, 0.25) is 0 Å². The Balaban J connectivity index is 0.000000283. The molecule has 18 heteroatoms. The molecule has 71 heavy (non-hydrogen) atoms. The first-order valence-electron chi connectivity index (χ1n) is 23.5. The molecule has 4 aromatic carbocycles. The average molecular weight is 991 g/mol. The summed E-state index contributed by atoms with van der Waals surface area (Å²) in [6.07, 6.45) is -3.84. The molecule has 0 aliphatic carbocycles. The zero-order valence-corrected chi connectivity index (χ0v) is 41.5. The molecule has 4 aromatic rings. The summed E-state index contributed by atoms with van der Waals surface area (Å²) >= 11 is 0. The highest BCUT2D eigenvalue weighted by Crippen LogP contribution is 2.26. The SMILES string of the molecule is CC(=O)N1CCN(C(=O)OC(C)(C)C)[C@@H]([C@@H](O)C(N)Cc2cc(F)cc(F)c2)C1.CC(=O)N1CCN(C(=O)OC(C)(C)C)[C@@H]([C@@H](O)[C@H](Cc2cc(F)cc(F)c2)N=C(c2ccccc2)c2ccccc2)C1. The number of aliphatic imine (C=N–C) groups is 1. The van der Waals surface area contributed by atoms with Crippen LogP contribution in [0.15, 0.2) is 102 Å². The van der Waals surface area contributed by atoms with Gasteiger partial charge in [0.05, 0.1) is 36.0 Å². The van der Waals surface area contributed by atoms with Crippen molar-refractivity contribution in [3.05, 3.63) is 143 Å². The van der Waals surface area contributed by atoms with Gasteiger partial charge >= 0.3 is 12.2 Å². The highest BCUT2D eigenvalue weighted by molar-refractivity contribution is 6.13. The summed E-state index contributed by atoms with van der Waals surface area (Å²) in [5.41, 5.74) is 7.32. The molecule has 0 bridgehead atoms. The van der Waals surface area contributed by atoms with Crippen molar-refractivity contribution < 1.29 is 56.4 Å². The fourth-order valence-electron chi connectivity index (χ4n) is 8.42. The second-order valence-electron chi connectivity index (χ2n) is 19.8. The summed E-state index contributed by atoms with van der Waals surface area (Å²) in [5.74, 6) is -3.35. The molecule has 2 aliphatic heterocycles. The van der Waals surface area contributed by atoms with E-state index in [0.29, 0.717) is 17.8 Å². The van der Waals surface area contributed by atoms with E-state index in [1.54, 1.807) is 46.4 Å². The number of amides is 4. The molecular formula is C53H66F4N6O8. The third-order valence-electron chi connectivity index (χ3n) is 11.8. The monoisotopic (exact) mass is 990 g/mol. The Kier molecular flexibility index (Phi) is 18.9. The van der Waals surface area contributed by atoms with Gasteiger partial charge in [-0.25, -0.2) is 27.2 Å². The van der Waals surface area contributed by atoms with Crippen molar-refractivity contribution >= 4 is 29.7 Å². The summed E-state index contributed by atoms with van der Waals surface area (Å²) in [6.45, 7) is 14.3. The van der Waals surface area contributed by atoms with Crippen LogP contribution in [-0.2, 0) is 31.9 Å². The molecule has 2 fully saturated rings. The minimum absolute atomic E-state index is 0.00538. The number of benzene rings is 4. The number of nitrogens with zero attached hydrogens (tertiary/aromatic N) is 5. The second-order valence-corrected chi connectivity index (χ2v) is 19.8. The Bertz CT molecular complexity index is 2410. The number of carbonyl (C=O) groups is 4. The van der Waals surface area contributed by atoms with E-state index < -0.39 is 83.0 Å². The van der Waals surface area contributed by atoms with Crippen LogP contribution in [0.3, 0.4) is 0 Å². The average Bonchev–Trinajstić information content (AvgIpc) is 3.28. The number of halogens is 4. The van der Waals surface area contributed by atoms with Crippen LogP contribution in [-0.4, -0.2) is 146 Å². The first-order chi connectivity index (χ1) is 33.3. The van der Waals surface area contributed by atoms with Gasteiger partial charge in [-0.05, 0) is 89.8 Å². The summed E-state index contributed by atoms with van der Waals surface area (Å²) in [5, 5.41) is 22.9. The van der Waals surface area contributed by atoms with E-state index in [-0.39, 0.29) is 62.9 Å². The maximum Gasteiger partial charge on any atom is 0.410 e. The lowest BCUT2D eigenvalue weighted by Gasteiger charge is -2.44. The Hall–Kier alpha value is -6.37. The van der Waals surface area contributed by atoms with Crippen molar-refractivity contribution in [1.82, 2.24) is 19.6 Å². The lowest BCUT2D eigenvalue weighted by molar-refractivity contribution is -0.134. The number of hydrogen-bond donors (Lipinski definition) is 3. The van der Waals surface area contributed by atoms with Crippen LogP contribution < -0.4 is 5.73 Å². The molecule has 0 radical (unpaired) electrons. The fraction of sp³-hybridized carbons (Fsp3) is 0.453. The van der Waals surface area contributed by atoms with Gasteiger partial charge in [0.15, 0.2) is 0 Å². The Labute approximate surface area is 413 Å². The van der Waals surface area contributed by atoms with Crippen molar-refractivity contribution in [2.24, 2.45) is 10.7 Å². The molecule has 384 valence electrons. The molecule has 4 N–H and O–H groups in total. The molecule has 6 atom stereocenters. The number of rotatable bonds is 11. The van der Waals surface area contributed by atoms with E-state index in [4.69, 9.17) is 20.2 Å². The smallest absolute Gasteiger partial charge is 0.410 e. The van der Waals surface area contributed by atoms with Crippen molar-refractivity contribution in [2.75, 3.05) is 39.3 Å². The molecule has 0 aromatic heterocycles. The summed E-state index contributed by atoms with van der Waals surface area (Å²) in [4.78, 5) is 61.0. The van der Waals surface area contributed by atoms with Crippen LogP contribution in [0.25, 0.3) is 0 Å². The predicted octanol–water partition coefficient (Wildman–Crippen LogP) is 6.91. The summed E-state index contributed by atoms with van der Waals surface area (Å²) in [6, 6.07) is 21.5. The first-order valence-corrected chi connectivity index (χ1v) is 23.5. The van der Waals surface area contributed by atoms with E-state index in [9.17, 15) is 47.0 Å². The van der Waals surface area contributed by atoms with Crippen molar-refractivity contribution in [2.45, 2.75) is 116 Å². The van der Waals surface area contributed by atoms with Crippen LogP contribution in [0, 0.1) is 23.3 Å². The number of aliphatic hydroxyl groups excluding tert-OH is 2. The molecule has 14 nitrogen and oxygen atoms in total. The minimum atomic E-state index is -1.33. The topological polar surface area (TPSA) is 179 Å². The van der Waals surface area contributed by atoms with Crippen molar-refractivity contribution in [1.29, 1.82) is 0 Å². The fourth-order valence-corrected chi connectivity index (χ4v) is 8.42. The molecule has 4 amide bonds. The zero-order valence-electron chi connectivity index (χ0n) is 41.5. The van der Waals surface area contributed by atoms with Gasteiger partial charge in [-0.2, -0.15) is 0 Å². The summed E-state index contributed by atoms with van der Waals surface area (Å²) in [7, 11) is 0. The second kappa shape index (κ2) is 24.2. The van der Waals surface area contributed by atoms with Crippen molar-refractivity contribution in [3.8, 4) is 0 Å². The standard InChI is InChI=1S/C33H37F2N3O4.C20H29F2N3O4/c1-22(39)37-15-16-38(32(41)42-33(2,3)4)29(21-37)31(40)28(19-23-17-26(34)20-27(35)18-23)36-30(24-11-7-5-8-12-24)25-13-9-6-10-14-25;1-12(26)24-5-6-25(19(28)29-20(2,3)4)17(11-24)18(27)16(23)9-13-7-14(21)10-15(22)8-13/h5-14,17-18,20,28-29,31,40H,15-16,19,21H2,1-4H3;7-8,10,16-18,27H,5-6,9,11,23H2,1-4H3/t28-,29+,31-;16?,17-,18+/m01/s1. The van der Waals surface area contributed by atoms with Crippen LogP contribution in [0.5, 0.6) is 0 Å². The number of hydrogen-bond acceptors (Lipinski definition) is 10. The molecule has 2 saturated heterocycles. The number of ether oxygens (including phenoxy) is 2. The number of nitrogens with two attached hydrogens (primary N) is 1. The van der Waals surface area contributed by atoms with Crippen LogP contribution >= 0.6 is 0 Å². The highest BCUT2D eigenvalue weighted by atomic mass is 19.1. The molecule has 1 unspecified atom stereocenters. The van der Waals surface area contributed by atoms with Gasteiger partial charge in [-0.3, -0.25) is 24.4 Å². The van der Waals surface area contributed by atoms with Gasteiger partial charge in [0.2, 0.25) is 11.8 Å². The molecule has 2 aliphatic rings. The number of aliphatic hydroxyl groups is 2. The van der Waals surface area contributed by atoms with Crippen LogP contribution in [0.1, 0.15) is 77.6 Å². The number of piperazine rings is 2. The molecular weight excluding hydrogens is 925 g/mol. The lowest BCUT2D eigenvalue weighted by atomic mass is 9.93. The molecule has 0 spiro atoms. The Morgan fingerprint density at radius 2 is 0.972 bits per heavy atom. The van der Waals surface area contributed by atoms with Gasteiger partial charge in [0, 0.05) is 82.4 Å². The maximum absolute atomic E-state index is 14.2. The molecule has 2 heterocycles. The predicted molar refractivity (Wildman–Crippen MR) is 260 cm³/mol. The van der Waals surface area contributed by atoms with Gasteiger partial charge in [0.1, 0.15) is 34.5 Å². The van der Waals surface area contributed by atoms with E-state index in [1.165, 1.54) is 40.7 Å². The highest BCUT2D eigenvalue weighted by Gasteiger charge is 2.42.